The minimum atomic E-state index is -0.356. The fourth-order valence-corrected chi connectivity index (χ4v) is 5.98. The van der Waals surface area contributed by atoms with Gasteiger partial charge in [0, 0.05) is 3.92 Å². The molecule has 0 saturated heterocycles. The largest absolute Gasteiger partial charge is 0.390 e. The van der Waals surface area contributed by atoms with E-state index in [1.807, 2.05) is 0 Å². The molecule has 0 spiro atoms. The minimum Gasteiger partial charge on any atom is -0.390 e. The summed E-state index contributed by atoms with van der Waals surface area (Å²) in [5.74, 6) is 1.25. The number of fused-ring (bicyclic) bond motifs is 1. The summed E-state index contributed by atoms with van der Waals surface area (Å²) in [7, 11) is 0. The average Bonchev–Trinajstić information content (AvgIpc) is 1.97. The molecule has 0 aliphatic heterocycles. The van der Waals surface area contributed by atoms with Gasteiger partial charge in [-0.15, -0.1) is 0 Å². The molecule has 2 rings (SSSR count). The molecule has 0 radical (unpaired) electrons. The Morgan fingerprint density at radius 2 is 1.80 bits per heavy atom. The van der Waals surface area contributed by atoms with Crippen molar-refractivity contribution in [2.75, 3.05) is 0 Å². The van der Waals surface area contributed by atoms with E-state index in [4.69, 9.17) is 0 Å². The molecule has 0 aromatic rings. The zero-order valence-corrected chi connectivity index (χ0v) is 12.3. The van der Waals surface area contributed by atoms with Crippen molar-refractivity contribution in [3.05, 3.63) is 0 Å². The second kappa shape index (κ2) is 3.86. The van der Waals surface area contributed by atoms with Crippen LogP contribution >= 0.6 is 22.6 Å². The molecule has 0 amide bonds. The fourth-order valence-electron chi connectivity index (χ4n) is 4.08. The van der Waals surface area contributed by atoms with Crippen LogP contribution in [0, 0.1) is 17.3 Å². The SMILES string of the molecule is C[C@@H]1CC[C@H]2C(C)(C)C[C@H](I)C[C@]2(O)C1. The van der Waals surface area contributed by atoms with E-state index in [0.717, 1.165) is 12.8 Å². The van der Waals surface area contributed by atoms with Crippen LogP contribution in [0.5, 0.6) is 0 Å². The molecule has 4 atom stereocenters. The molecule has 1 N–H and O–H groups in total. The highest BCUT2D eigenvalue weighted by atomic mass is 127. The number of aliphatic hydroxyl groups is 1. The molecule has 1 nitrogen and oxygen atoms in total. The minimum absolute atomic E-state index is 0.332. The van der Waals surface area contributed by atoms with Gasteiger partial charge in [0.1, 0.15) is 0 Å². The molecular weight excluding hydrogens is 299 g/mol. The fraction of sp³-hybridized carbons (Fsp3) is 1.00. The molecule has 0 aromatic heterocycles. The van der Waals surface area contributed by atoms with Crippen LogP contribution in [0.15, 0.2) is 0 Å². The Hall–Kier alpha value is 0.690. The lowest BCUT2D eigenvalue weighted by atomic mass is 9.55. The van der Waals surface area contributed by atoms with Gasteiger partial charge in [-0.1, -0.05) is 49.8 Å². The van der Waals surface area contributed by atoms with Gasteiger partial charge < -0.3 is 5.11 Å². The highest BCUT2D eigenvalue weighted by Crippen LogP contribution is 2.55. The van der Waals surface area contributed by atoms with Gasteiger partial charge in [-0.2, -0.15) is 0 Å². The third-order valence-electron chi connectivity index (χ3n) is 4.56. The van der Waals surface area contributed by atoms with Crippen molar-refractivity contribution < 1.29 is 5.11 Å². The number of alkyl halides is 1. The summed E-state index contributed by atoms with van der Waals surface area (Å²) >= 11 is 2.53. The third kappa shape index (κ3) is 2.21. The van der Waals surface area contributed by atoms with Crippen LogP contribution in [0.2, 0.25) is 0 Å². The summed E-state index contributed by atoms with van der Waals surface area (Å²) in [5, 5.41) is 10.9. The van der Waals surface area contributed by atoms with Crippen molar-refractivity contribution in [2.24, 2.45) is 17.3 Å². The maximum absolute atomic E-state index is 10.9. The molecule has 15 heavy (non-hydrogen) atoms. The van der Waals surface area contributed by atoms with E-state index in [1.54, 1.807) is 0 Å². The molecule has 0 bridgehead atoms. The lowest BCUT2D eigenvalue weighted by molar-refractivity contribution is -0.132. The molecule has 0 unspecified atom stereocenters. The van der Waals surface area contributed by atoms with E-state index in [9.17, 15) is 5.11 Å². The Bertz CT molecular complexity index is 247. The van der Waals surface area contributed by atoms with Crippen molar-refractivity contribution in [3.63, 3.8) is 0 Å². The zero-order chi connectivity index (χ0) is 11.3. The summed E-state index contributed by atoms with van der Waals surface area (Å²) in [4.78, 5) is 0. The van der Waals surface area contributed by atoms with E-state index >= 15 is 0 Å². The molecule has 88 valence electrons. The van der Waals surface area contributed by atoms with Crippen LogP contribution in [0.4, 0.5) is 0 Å². The van der Waals surface area contributed by atoms with Crippen LogP contribution in [0.25, 0.3) is 0 Å². The number of hydrogen-bond acceptors (Lipinski definition) is 1. The zero-order valence-electron chi connectivity index (χ0n) is 10.1. The Morgan fingerprint density at radius 1 is 1.13 bits per heavy atom. The van der Waals surface area contributed by atoms with Crippen molar-refractivity contribution in [3.8, 4) is 0 Å². The average molecular weight is 322 g/mol. The van der Waals surface area contributed by atoms with E-state index in [-0.39, 0.29) is 5.60 Å². The molecule has 0 aromatic carbocycles. The van der Waals surface area contributed by atoms with E-state index in [0.29, 0.717) is 21.2 Å². The monoisotopic (exact) mass is 322 g/mol. The van der Waals surface area contributed by atoms with Gasteiger partial charge in [-0.3, -0.25) is 0 Å². The summed E-state index contributed by atoms with van der Waals surface area (Å²) in [6.07, 6.45) is 5.86. The predicted molar refractivity (Wildman–Crippen MR) is 72.3 cm³/mol. The van der Waals surface area contributed by atoms with Gasteiger partial charge in [0.2, 0.25) is 0 Å². The Kier molecular flexibility index (Phi) is 3.13. The summed E-state index contributed by atoms with van der Waals surface area (Å²) in [6, 6.07) is 0. The topological polar surface area (TPSA) is 20.2 Å². The molecular formula is C13H23IO. The smallest absolute Gasteiger partial charge is 0.0693 e. The Morgan fingerprint density at radius 3 is 2.47 bits per heavy atom. The first-order valence-corrected chi connectivity index (χ1v) is 7.44. The maximum Gasteiger partial charge on any atom is 0.0693 e. The van der Waals surface area contributed by atoms with Crippen LogP contribution < -0.4 is 0 Å². The van der Waals surface area contributed by atoms with Crippen LogP contribution in [-0.2, 0) is 0 Å². The first-order valence-electron chi connectivity index (χ1n) is 6.20. The maximum atomic E-state index is 10.9. The Balaban J connectivity index is 2.25. The van der Waals surface area contributed by atoms with Gasteiger partial charge in [0.15, 0.2) is 0 Å². The van der Waals surface area contributed by atoms with Gasteiger partial charge in [-0.25, -0.2) is 0 Å². The molecule has 2 saturated carbocycles. The van der Waals surface area contributed by atoms with Gasteiger partial charge in [0.05, 0.1) is 5.60 Å². The van der Waals surface area contributed by atoms with Crippen LogP contribution in [-0.4, -0.2) is 14.6 Å². The lowest BCUT2D eigenvalue weighted by Gasteiger charge is -2.55. The molecule has 2 aliphatic carbocycles. The number of rotatable bonds is 0. The van der Waals surface area contributed by atoms with Crippen molar-refractivity contribution in [2.45, 2.75) is 62.4 Å². The highest BCUT2D eigenvalue weighted by molar-refractivity contribution is 14.1. The second-order valence-corrected chi connectivity index (χ2v) is 8.30. The summed E-state index contributed by atoms with van der Waals surface area (Å²) < 4.78 is 0.657. The van der Waals surface area contributed by atoms with Crippen molar-refractivity contribution >= 4 is 22.6 Å². The third-order valence-corrected chi connectivity index (χ3v) is 5.45. The van der Waals surface area contributed by atoms with Gasteiger partial charge >= 0.3 is 0 Å². The van der Waals surface area contributed by atoms with Crippen LogP contribution in [0.3, 0.4) is 0 Å². The predicted octanol–water partition coefficient (Wildman–Crippen LogP) is 3.78. The first kappa shape index (κ1) is 12.2. The Labute approximate surface area is 107 Å². The number of hydrogen-bond donors (Lipinski definition) is 1. The molecule has 2 heteroatoms. The van der Waals surface area contributed by atoms with Gasteiger partial charge in [0.25, 0.3) is 0 Å². The van der Waals surface area contributed by atoms with E-state index in [1.165, 1.54) is 19.3 Å². The molecule has 0 heterocycles. The quantitative estimate of drug-likeness (QED) is 0.532. The highest BCUT2D eigenvalue weighted by Gasteiger charge is 2.52. The van der Waals surface area contributed by atoms with E-state index in [2.05, 4.69) is 43.4 Å². The first-order chi connectivity index (χ1) is 6.83. The molecule has 2 fully saturated rings. The normalized spacial score (nSPS) is 49.8. The standard InChI is InChI=1S/C13H23IO/c1-9-4-5-11-12(2,3)7-10(14)8-13(11,15)6-9/h9-11,15H,4-8H2,1-3H3/t9-,10+,11+,13-/m1/s1. The summed E-state index contributed by atoms with van der Waals surface area (Å²) in [6.45, 7) is 6.99. The van der Waals surface area contributed by atoms with Crippen molar-refractivity contribution in [1.82, 2.24) is 0 Å². The van der Waals surface area contributed by atoms with Crippen molar-refractivity contribution in [1.29, 1.82) is 0 Å². The lowest BCUT2D eigenvalue weighted by Crippen LogP contribution is -2.54. The molecule has 2 aliphatic rings. The van der Waals surface area contributed by atoms with Crippen LogP contribution in [0.1, 0.15) is 52.9 Å². The summed E-state index contributed by atoms with van der Waals surface area (Å²) in [5.41, 5.74) is -0.0235. The van der Waals surface area contributed by atoms with Gasteiger partial charge in [-0.05, 0) is 42.9 Å². The second-order valence-electron chi connectivity index (χ2n) is 6.54. The van der Waals surface area contributed by atoms with E-state index < -0.39 is 0 Å². The number of halogens is 1.